The number of hydrogen-bond donors (Lipinski definition) is 2. The molecule has 4 heteroatoms. The molecule has 0 spiro atoms. The highest BCUT2D eigenvalue weighted by Gasteiger charge is 1.99. The van der Waals surface area contributed by atoms with Crippen LogP contribution in [0.3, 0.4) is 0 Å². The van der Waals surface area contributed by atoms with E-state index in [4.69, 9.17) is 5.73 Å². The van der Waals surface area contributed by atoms with Crippen LogP contribution in [0.4, 0.5) is 10.1 Å². The second kappa shape index (κ2) is 3.89. The minimum atomic E-state index is -0.471. The molecule has 3 N–H and O–H groups in total. The summed E-state index contributed by atoms with van der Waals surface area (Å²) < 4.78 is 12.9. The fourth-order valence-corrected chi connectivity index (χ4v) is 0.892. The predicted molar refractivity (Wildman–Crippen MR) is 48.8 cm³/mol. The molecule has 3 nitrogen and oxygen atoms in total. The molecule has 0 radical (unpaired) electrons. The third-order valence-corrected chi connectivity index (χ3v) is 1.64. The van der Waals surface area contributed by atoms with Crippen LogP contribution in [0.15, 0.2) is 18.2 Å². The van der Waals surface area contributed by atoms with Gasteiger partial charge in [0.2, 0.25) is 5.91 Å². The summed E-state index contributed by atoms with van der Waals surface area (Å²) in [6.45, 7) is 1.69. The topological polar surface area (TPSA) is 55.1 Å². The van der Waals surface area contributed by atoms with Gasteiger partial charge in [-0.3, -0.25) is 4.79 Å². The van der Waals surface area contributed by atoms with E-state index in [2.05, 4.69) is 5.32 Å². The molecule has 0 heterocycles. The van der Waals surface area contributed by atoms with Crippen molar-refractivity contribution in [3.63, 3.8) is 0 Å². The van der Waals surface area contributed by atoms with Crippen LogP contribution < -0.4 is 11.1 Å². The minimum Gasteiger partial charge on any atom is -0.376 e. The summed E-state index contributed by atoms with van der Waals surface area (Å²) in [5, 5.41) is 2.70. The summed E-state index contributed by atoms with van der Waals surface area (Å²) in [6.07, 6.45) is 0. The SMILES string of the molecule is Cc1ccc(NCC(N)=O)cc1F. The van der Waals surface area contributed by atoms with Gasteiger partial charge in [0, 0.05) is 5.69 Å². The number of primary amides is 1. The first-order valence-electron chi connectivity index (χ1n) is 3.88. The molecule has 0 unspecified atom stereocenters. The van der Waals surface area contributed by atoms with Crippen LogP contribution in [0, 0.1) is 12.7 Å². The summed E-state index contributed by atoms with van der Waals surface area (Å²) in [7, 11) is 0. The Morgan fingerprint density at radius 3 is 2.85 bits per heavy atom. The lowest BCUT2D eigenvalue weighted by Gasteiger charge is -2.04. The minimum absolute atomic E-state index is 0.0164. The van der Waals surface area contributed by atoms with Crippen LogP contribution in [-0.4, -0.2) is 12.5 Å². The Hall–Kier alpha value is -1.58. The van der Waals surface area contributed by atoms with Crippen LogP contribution in [0.5, 0.6) is 0 Å². The van der Waals surface area contributed by atoms with E-state index in [0.29, 0.717) is 11.3 Å². The normalized spacial score (nSPS) is 9.69. The van der Waals surface area contributed by atoms with Gasteiger partial charge in [-0.15, -0.1) is 0 Å². The lowest BCUT2D eigenvalue weighted by Crippen LogP contribution is -2.21. The molecule has 70 valence electrons. The predicted octanol–water partition coefficient (Wildman–Crippen LogP) is 1.03. The number of hydrogen-bond acceptors (Lipinski definition) is 2. The van der Waals surface area contributed by atoms with E-state index in [-0.39, 0.29) is 12.4 Å². The summed E-state index contributed by atoms with van der Waals surface area (Å²) in [4.78, 5) is 10.4. The molecule has 0 fully saturated rings. The van der Waals surface area contributed by atoms with E-state index in [1.807, 2.05) is 0 Å². The molecule has 0 aliphatic heterocycles. The van der Waals surface area contributed by atoms with Gasteiger partial charge in [0.1, 0.15) is 5.82 Å². The van der Waals surface area contributed by atoms with Gasteiger partial charge >= 0.3 is 0 Å². The van der Waals surface area contributed by atoms with Gasteiger partial charge in [0.25, 0.3) is 0 Å². The van der Waals surface area contributed by atoms with E-state index < -0.39 is 5.91 Å². The number of benzene rings is 1. The zero-order chi connectivity index (χ0) is 9.84. The van der Waals surface area contributed by atoms with Crippen molar-refractivity contribution in [2.75, 3.05) is 11.9 Å². The van der Waals surface area contributed by atoms with Crippen molar-refractivity contribution in [2.24, 2.45) is 5.73 Å². The van der Waals surface area contributed by atoms with Gasteiger partial charge in [-0.2, -0.15) is 0 Å². The zero-order valence-electron chi connectivity index (χ0n) is 7.30. The fraction of sp³-hybridized carbons (Fsp3) is 0.222. The van der Waals surface area contributed by atoms with Crippen LogP contribution in [0.1, 0.15) is 5.56 Å². The van der Waals surface area contributed by atoms with Gasteiger partial charge in [-0.25, -0.2) is 4.39 Å². The number of amides is 1. The second-order valence-electron chi connectivity index (χ2n) is 2.78. The van der Waals surface area contributed by atoms with Crippen molar-refractivity contribution in [1.82, 2.24) is 0 Å². The Morgan fingerprint density at radius 1 is 1.62 bits per heavy atom. The van der Waals surface area contributed by atoms with Gasteiger partial charge in [-0.1, -0.05) is 6.07 Å². The molecule has 0 bridgehead atoms. The average molecular weight is 182 g/mol. The highest BCUT2D eigenvalue weighted by Crippen LogP contribution is 2.12. The lowest BCUT2D eigenvalue weighted by atomic mass is 10.2. The number of anilines is 1. The monoisotopic (exact) mass is 182 g/mol. The summed E-state index contributed by atoms with van der Waals surface area (Å²) >= 11 is 0. The maximum atomic E-state index is 12.9. The van der Waals surface area contributed by atoms with Crippen molar-refractivity contribution >= 4 is 11.6 Å². The standard InChI is InChI=1S/C9H11FN2O/c1-6-2-3-7(4-8(6)10)12-5-9(11)13/h2-4,12H,5H2,1H3,(H2,11,13). The van der Waals surface area contributed by atoms with Crippen molar-refractivity contribution in [2.45, 2.75) is 6.92 Å². The molecule has 0 atom stereocenters. The van der Waals surface area contributed by atoms with Gasteiger partial charge in [0.15, 0.2) is 0 Å². The average Bonchev–Trinajstić information content (AvgIpc) is 2.07. The van der Waals surface area contributed by atoms with E-state index in [0.717, 1.165) is 0 Å². The number of carbonyl (C=O) groups excluding carboxylic acids is 1. The number of halogens is 1. The first kappa shape index (κ1) is 9.51. The Kier molecular flexibility index (Phi) is 2.84. The maximum Gasteiger partial charge on any atom is 0.236 e. The lowest BCUT2D eigenvalue weighted by molar-refractivity contribution is -0.116. The highest BCUT2D eigenvalue weighted by molar-refractivity contribution is 5.78. The molecule has 0 aromatic heterocycles. The van der Waals surface area contributed by atoms with Gasteiger partial charge < -0.3 is 11.1 Å². The summed E-state index contributed by atoms with van der Waals surface area (Å²) in [6, 6.07) is 4.66. The molecule has 0 aliphatic rings. The molecule has 0 saturated heterocycles. The number of nitrogens with one attached hydrogen (secondary N) is 1. The van der Waals surface area contributed by atoms with Crippen molar-refractivity contribution < 1.29 is 9.18 Å². The first-order chi connectivity index (χ1) is 6.09. The second-order valence-corrected chi connectivity index (χ2v) is 2.78. The number of carbonyl (C=O) groups is 1. The van der Waals surface area contributed by atoms with E-state index in [9.17, 15) is 9.18 Å². The Morgan fingerprint density at radius 2 is 2.31 bits per heavy atom. The van der Waals surface area contributed by atoms with E-state index >= 15 is 0 Å². The molecule has 1 rings (SSSR count). The van der Waals surface area contributed by atoms with Crippen LogP contribution in [0.2, 0.25) is 0 Å². The molecule has 1 amide bonds. The Bertz CT molecular complexity index is 325. The first-order valence-corrected chi connectivity index (χ1v) is 3.88. The zero-order valence-corrected chi connectivity index (χ0v) is 7.30. The van der Waals surface area contributed by atoms with Crippen LogP contribution in [0.25, 0.3) is 0 Å². The Balaban J connectivity index is 2.68. The van der Waals surface area contributed by atoms with Crippen molar-refractivity contribution in [3.05, 3.63) is 29.6 Å². The molecule has 0 aliphatic carbocycles. The largest absolute Gasteiger partial charge is 0.376 e. The van der Waals surface area contributed by atoms with Gasteiger partial charge in [0.05, 0.1) is 6.54 Å². The quantitative estimate of drug-likeness (QED) is 0.733. The van der Waals surface area contributed by atoms with Crippen LogP contribution in [-0.2, 0) is 4.79 Å². The third kappa shape index (κ3) is 2.74. The maximum absolute atomic E-state index is 12.9. The fourth-order valence-electron chi connectivity index (χ4n) is 0.892. The smallest absolute Gasteiger partial charge is 0.236 e. The Labute approximate surface area is 75.7 Å². The molecule has 0 saturated carbocycles. The molecule has 13 heavy (non-hydrogen) atoms. The molecular weight excluding hydrogens is 171 g/mol. The van der Waals surface area contributed by atoms with Crippen molar-refractivity contribution in [1.29, 1.82) is 0 Å². The summed E-state index contributed by atoms with van der Waals surface area (Å²) in [5.41, 5.74) is 6.04. The van der Waals surface area contributed by atoms with E-state index in [1.54, 1.807) is 19.1 Å². The van der Waals surface area contributed by atoms with Crippen LogP contribution >= 0.6 is 0 Å². The van der Waals surface area contributed by atoms with Crippen molar-refractivity contribution in [3.8, 4) is 0 Å². The van der Waals surface area contributed by atoms with Gasteiger partial charge in [-0.05, 0) is 24.6 Å². The molecule has 1 aromatic rings. The third-order valence-electron chi connectivity index (χ3n) is 1.64. The summed E-state index contributed by atoms with van der Waals surface area (Å²) in [5.74, 6) is -0.768. The van der Waals surface area contributed by atoms with E-state index in [1.165, 1.54) is 6.07 Å². The highest BCUT2D eigenvalue weighted by atomic mass is 19.1. The number of nitrogens with two attached hydrogens (primary N) is 1. The molecular formula is C9H11FN2O. The number of rotatable bonds is 3. The number of aryl methyl sites for hydroxylation is 1. The molecule has 1 aromatic carbocycles.